The average molecular weight is 446 g/mol. The summed E-state index contributed by atoms with van der Waals surface area (Å²) in [6.07, 6.45) is 0. The Morgan fingerprint density at radius 3 is 2.50 bits per heavy atom. The predicted octanol–water partition coefficient (Wildman–Crippen LogP) is 5.14. The van der Waals surface area contributed by atoms with Crippen LogP contribution in [-0.4, -0.2) is 46.8 Å². The van der Waals surface area contributed by atoms with Crippen LogP contribution < -0.4 is 5.32 Å². The fourth-order valence-electron chi connectivity index (χ4n) is 3.53. The molecule has 4 aromatic rings. The molecule has 2 heterocycles. The van der Waals surface area contributed by atoms with Crippen molar-refractivity contribution >= 4 is 39.0 Å². The number of anilines is 2. The number of carbonyl (C=O) groups excluding carboxylic acids is 1. The molecule has 164 valence electrons. The van der Waals surface area contributed by atoms with E-state index >= 15 is 0 Å². The average Bonchev–Trinajstić information content (AvgIpc) is 3.18. The smallest absolute Gasteiger partial charge is 0.219 e. The minimum Gasteiger partial charge on any atom is -0.342 e. The largest absolute Gasteiger partial charge is 0.342 e. The summed E-state index contributed by atoms with van der Waals surface area (Å²) in [6.45, 7) is 2.80. The molecule has 4 rings (SSSR count). The summed E-state index contributed by atoms with van der Waals surface area (Å²) in [5, 5.41) is 6.71. The summed E-state index contributed by atoms with van der Waals surface area (Å²) in [7, 11) is 5.83. The summed E-state index contributed by atoms with van der Waals surface area (Å²) in [6, 6.07) is 18.4. The third-order valence-electron chi connectivity index (χ3n) is 5.17. The molecule has 2 aromatic carbocycles. The van der Waals surface area contributed by atoms with Gasteiger partial charge < -0.3 is 15.1 Å². The van der Waals surface area contributed by atoms with Crippen molar-refractivity contribution in [3.63, 3.8) is 0 Å². The number of benzene rings is 2. The fraction of sp³-hybridized carbons (Fsp3) is 0.240. The summed E-state index contributed by atoms with van der Waals surface area (Å²) in [4.78, 5) is 26.1. The van der Waals surface area contributed by atoms with Crippen LogP contribution in [0.15, 0.2) is 60.0 Å². The van der Waals surface area contributed by atoms with Gasteiger partial charge in [-0.15, -0.1) is 11.3 Å². The van der Waals surface area contributed by atoms with E-state index in [9.17, 15) is 4.79 Å². The molecule has 0 saturated carbocycles. The minimum atomic E-state index is 0.0416. The Balaban J connectivity index is 1.76. The number of hydrogen-bond acceptors (Lipinski definition) is 6. The molecule has 0 saturated heterocycles. The van der Waals surface area contributed by atoms with Crippen LogP contribution in [0, 0.1) is 0 Å². The Labute approximate surface area is 192 Å². The van der Waals surface area contributed by atoms with Crippen molar-refractivity contribution in [1.29, 1.82) is 0 Å². The van der Waals surface area contributed by atoms with E-state index in [1.54, 1.807) is 30.2 Å². The van der Waals surface area contributed by atoms with Crippen LogP contribution in [0.2, 0.25) is 0 Å². The van der Waals surface area contributed by atoms with E-state index in [1.807, 2.05) is 50.5 Å². The second-order valence-electron chi connectivity index (χ2n) is 8.12. The van der Waals surface area contributed by atoms with Crippen LogP contribution in [0.1, 0.15) is 18.3 Å². The van der Waals surface area contributed by atoms with Gasteiger partial charge in [-0.3, -0.25) is 4.79 Å². The molecule has 32 heavy (non-hydrogen) atoms. The lowest BCUT2D eigenvalue weighted by Gasteiger charge is -2.16. The van der Waals surface area contributed by atoms with Crippen molar-refractivity contribution < 1.29 is 4.79 Å². The highest BCUT2D eigenvalue weighted by Crippen LogP contribution is 2.38. The van der Waals surface area contributed by atoms with Crippen molar-refractivity contribution in [2.75, 3.05) is 26.5 Å². The van der Waals surface area contributed by atoms with Crippen LogP contribution in [0.25, 0.3) is 21.3 Å². The summed E-state index contributed by atoms with van der Waals surface area (Å²) in [5.41, 5.74) is 4.25. The molecule has 0 atom stereocenters. The molecule has 1 N–H and O–H groups in total. The number of amides is 1. The Morgan fingerprint density at radius 2 is 1.78 bits per heavy atom. The van der Waals surface area contributed by atoms with Crippen LogP contribution >= 0.6 is 11.3 Å². The maximum absolute atomic E-state index is 11.6. The maximum Gasteiger partial charge on any atom is 0.219 e. The molecule has 0 radical (unpaired) electrons. The molecule has 0 aliphatic carbocycles. The van der Waals surface area contributed by atoms with Crippen LogP contribution in [0.3, 0.4) is 0 Å². The number of fused-ring (bicyclic) bond motifs is 1. The van der Waals surface area contributed by atoms with Gasteiger partial charge in [0.25, 0.3) is 0 Å². The third-order valence-corrected chi connectivity index (χ3v) is 6.04. The Hall–Kier alpha value is -3.29. The second-order valence-corrected chi connectivity index (χ2v) is 8.98. The standard InChI is InChI=1S/C25H27N5OS/c1-17(31)30(4)14-18-9-8-12-20(13-18)26-24-23-21(19-10-6-5-7-11-19)16-32-25(23)28-22(27-24)15-29(2)3/h5-13,16H,14-15H2,1-4H3,(H,26,27,28). The molecule has 1 amide bonds. The number of thiophene rings is 1. The lowest BCUT2D eigenvalue weighted by Crippen LogP contribution is -2.22. The first-order chi connectivity index (χ1) is 15.4. The van der Waals surface area contributed by atoms with Gasteiger partial charge in [-0.05, 0) is 37.4 Å². The van der Waals surface area contributed by atoms with Crippen LogP contribution in [-0.2, 0) is 17.9 Å². The molecule has 6 nitrogen and oxygen atoms in total. The molecule has 2 aromatic heterocycles. The molecule has 0 fully saturated rings. The van der Waals surface area contributed by atoms with Gasteiger partial charge in [0.05, 0.1) is 11.9 Å². The summed E-state index contributed by atoms with van der Waals surface area (Å²) < 4.78 is 0. The van der Waals surface area contributed by atoms with Gasteiger partial charge in [0.1, 0.15) is 16.5 Å². The fourth-order valence-corrected chi connectivity index (χ4v) is 4.50. The van der Waals surface area contributed by atoms with Gasteiger partial charge in [0.15, 0.2) is 0 Å². The van der Waals surface area contributed by atoms with E-state index in [0.29, 0.717) is 13.1 Å². The quantitative estimate of drug-likeness (QED) is 0.427. The Kier molecular flexibility index (Phi) is 6.48. The normalized spacial score (nSPS) is 11.2. The lowest BCUT2D eigenvalue weighted by molar-refractivity contribution is -0.128. The van der Waals surface area contributed by atoms with E-state index in [2.05, 4.69) is 33.8 Å². The van der Waals surface area contributed by atoms with Crippen molar-refractivity contribution in [3.8, 4) is 11.1 Å². The molecular weight excluding hydrogens is 418 g/mol. The Morgan fingerprint density at radius 1 is 1.00 bits per heavy atom. The van der Waals surface area contributed by atoms with Crippen LogP contribution in [0.4, 0.5) is 11.5 Å². The molecule has 0 unspecified atom stereocenters. The van der Waals surface area contributed by atoms with Crippen molar-refractivity contribution in [1.82, 2.24) is 19.8 Å². The predicted molar refractivity (Wildman–Crippen MR) is 132 cm³/mol. The Bertz CT molecular complexity index is 1240. The SMILES string of the molecule is CC(=O)N(C)Cc1cccc(Nc2nc(CN(C)C)nc3scc(-c4ccccc4)c23)c1. The van der Waals surface area contributed by atoms with Gasteiger partial charge >= 0.3 is 0 Å². The molecule has 0 aliphatic rings. The van der Waals surface area contributed by atoms with E-state index in [1.165, 1.54) is 0 Å². The second kappa shape index (κ2) is 9.46. The molecule has 0 aliphatic heterocycles. The number of carbonyl (C=O) groups is 1. The van der Waals surface area contributed by atoms with Gasteiger partial charge in [-0.1, -0.05) is 42.5 Å². The van der Waals surface area contributed by atoms with E-state index < -0.39 is 0 Å². The number of nitrogens with zero attached hydrogens (tertiary/aromatic N) is 4. The van der Waals surface area contributed by atoms with Gasteiger partial charge in [0.2, 0.25) is 5.91 Å². The highest BCUT2D eigenvalue weighted by Gasteiger charge is 2.16. The zero-order valence-electron chi connectivity index (χ0n) is 18.8. The summed E-state index contributed by atoms with van der Waals surface area (Å²) in [5.74, 6) is 1.61. The van der Waals surface area contributed by atoms with Gasteiger partial charge in [0, 0.05) is 37.1 Å². The third kappa shape index (κ3) is 4.95. The first kappa shape index (κ1) is 21.9. The van der Waals surface area contributed by atoms with Gasteiger partial charge in [-0.2, -0.15) is 0 Å². The van der Waals surface area contributed by atoms with E-state index in [0.717, 1.165) is 44.2 Å². The maximum atomic E-state index is 11.6. The highest BCUT2D eigenvalue weighted by atomic mass is 32.1. The van der Waals surface area contributed by atoms with Gasteiger partial charge in [-0.25, -0.2) is 9.97 Å². The first-order valence-electron chi connectivity index (χ1n) is 10.5. The number of nitrogens with one attached hydrogen (secondary N) is 1. The number of rotatable bonds is 7. The van der Waals surface area contributed by atoms with Crippen molar-refractivity contribution in [2.45, 2.75) is 20.0 Å². The first-order valence-corrected chi connectivity index (χ1v) is 11.3. The van der Waals surface area contributed by atoms with E-state index in [4.69, 9.17) is 9.97 Å². The number of aromatic nitrogens is 2. The molecule has 0 bridgehead atoms. The van der Waals surface area contributed by atoms with Crippen LogP contribution in [0.5, 0.6) is 0 Å². The zero-order valence-corrected chi connectivity index (χ0v) is 19.6. The monoisotopic (exact) mass is 445 g/mol. The molecular formula is C25H27N5OS. The lowest BCUT2D eigenvalue weighted by atomic mass is 10.1. The van der Waals surface area contributed by atoms with E-state index in [-0.39, 0.29) is 5.91 Å². The zero-order chi connectivity index (χ0) is 22.7. The highest BCUT2D eigenvalue weighted by molar-refractivity contribution is 7.17. The van der Waals surface area contributed by atoms with Crippen molar-refractivity contribution in [3.05, 3.63) is 71.4 Å². The topological polar surface area (TPSA) is 61.4 Å². The minimum absolute atomic E-state index is 0.0416. The summed E-state index contributed by atoms with van der Waals surface area (Å²) >= 11 is 1.64. The molecule has 0 spiro atoms. The number of hydrogen-bond donors (Lipinski definition) is 1. The molecule has 7 heteroatoms. The van der Waals surface area contributed by atoms with Crippen molar-refractivity contribution in [2.24, 2.45) is 0 Å².